The number of nitrogens with zero attached hydrogens (tertiary/aromatic N) is 1. The summed E-state index contributed by atoms with van der Waals surface area (Å²) in [5.41, 5.74) is 5.31. The first-order chi connectivity index (χ1) is 11.9. The molecule has 1 heterocycles. The predicted molar refractivity (Wildman–Crippen MR) is 99.6 cm³/mol. The van der Waals surface area contributed by atoms with Crippen LogP contribution in [0.4, 0.5) is 4.79 Å². The van der Waals surface area contributed by atoms with E-state index in [9.17, 15) is 18.6 Å². The van der Waals surface area contributed by atoms with Gasteiger partial charge in [-0.2, -0.15) is 11.8 Å². The van der Waals surface area contributed by atoms with E-state index in [1.807, 2.05) is 4.72 Å². The Kier molecular flexibility index (Phi) is 10.8. The highest BCUT2D eigenvalue weighted by molar-refractivity contribution is 7.99. The maximum absolute atomic E-state index is 12.1. The van der Waals surface area contributed by atoms with E-state index in [0.717, 1.165) is 37.2 Å². The van der Waals surface area contributed by atoms with E-state index >= 15 is 0 Å². The smallest absolute Gasteiger partial charge is 0.260 e. The Morgan fingerprint density at radius 2 is 2.04 bits per heavy atom. The zero-order valence-electron chi connectivity index (χ0n) is 14.1. The lowest BCUT2D eigenvalue weighted by atomic mass is 9.72. The van der Waals surface area contributed by atoms with Crippen molar-refractivity contribution in [3.63, 3.8) is 0 Å². The van der Waals surface area contributed by atoms with Crippen LogP contribution in [-0.4, -0.2) is 62.7 Å². The van der Waals surface area contributed by atoms with E-state index in [1.54, 1.807) is 16.7 Å². The third-order valence-electron chi connectivity index (χ3n) is 3.87. The SMILES string of the molecule is NC(=O)[C@@H]1CCCN1C(=O)CCSCCCCC[B]C(=O)NS(=O)O. The lowest BCUT2D eigenvalue weighted by molar-refractivity contribution is -0.136. The highest BCUT2D eigenvalue weighted by Crippen LogP contribution is 2.19. The maximum Gasteiger partial charge on any atom is 0.260 e. The van der Waals surface area contributed by atoms with Crippen molar-refractivity contribution in [2.24, 2.45) is 5.73 Å². The van der Waals surface area contributed by atoms with Gasteiger partial charge in [0.15, 0.2) is 5.81 Å². The molecule has 1 radical (unpaired) electrons. The number of rotatable bonds is 12. The van der Waals surface area contributed by atoms with Crippen LogP contribution in [0.15, 0.2) is 0 Å². The Bertz CT molecular complexity index is 495. The van der Waals surface area contributed by atoms with Gasteiger partial charge in [0.25, 0.3) is 11.3 Å². The molecule has 8 nitrogen and oxygen atoms in total. The van der Waals surface area contributed by atoms with Gasteiger partial charge < -0.3 is 10.6 Å². The second-order valence-corrected chi connectivity index (χ2v) is 7.71. The summed E-state index contributed by atoms with van der Waals surface area (Å²) < 4.78 is 20.7. The van der Waals surface area contributed by atoms with Gasteiger partial charge in [0, 0.05) is 18.7 Å². The molecule has 141 valence electrons. The number of thioether (sulfide) groups is 1. The summed E-state index contributed by atoms with van der Waals surface area (Å²) in [6.45, 7) is 0.616. The molecule has 25 heavy (non-hydrogen) atoms. The van der Waals surface area contributed by atoms with Crippen LogP contribution in [0.5, 0.6) is 0 Å². The van der Waals surface area contributed by atoms with Crippen LogP contribution in [0.25, 0.3) is 0 Å². The number of carbonyl (C=O) groups is 3. The van der Waals surface area contributed by atoms with Gasteiger partial charge in [-0.05, 0) is 25.0 Å². The quantitative estimate of drug-likeness (QED) is 0.256. The number of nitrogens with one attached hydrogen (secondary N) is 1. The molecule has 0 aromatic carbocycles. The number of likely N-dealkylation sites (tertiary alicyclic amines) is 1. The maximum atomic E-state index is 12.1. The van der Waals surface area contributed by atoms with Crippen LogP contribution in [0.2, 0.25) is 6.32 Å². The summed E-state index contributed by atoms with van der Waals surface area (Å²) in [6, 6.07) is -0.436. The average molecular weight is 390 g/mol. The van der Waals surface area contributed by atoms with E-state index in [0.29, 0.717) is 25.7 Å². The first-order valence-corrected chi connectivity index (χ1v) is 10.6. The molecule has 1 fully saturated rings. The number of carbonyl (C=O) groups excluding carboxylic acids is 3. The lowest BCUT2D eigenvalue weighted by Crippen LogP contribution is -2.43. The Balaban J connectivity index is 1.98. The van der Waals surface area contributed by atoms with Crippen molar-refractivity contribution in [3.8, 4) is 0 Å². The first kappa shape index (κ1) is 22.0. The Morgan fingerprint density at radius 3 is 2.72 bits per heavy atom. The molecule has 4 N–H and O–H groups in total. The Morgan fingerprint density at radius 1 is 1.28 bits per heavy atom. The number of hydrogen-bond acceptors (Lipinski definition) is 5. The summed E-state index contributed by atoms with van der Waals surface area (Å²) in [7, 11) is 1.37. The van der Waals surface area contributed by atoms with Crippen LogP contribution < -0.4 is 10.5 Å². The van der Waals surface area contributed by atoms with Crippen LogP contribution in [0.1, 0.15) is 38.5 Å². The molecule has 0 saturated carbocycles. The minimum atomic E-state index is -2.31. The fourth-order valence-corrected chi connectivity index (χ4v) is 3.84. The minimum absolute atomic E-state index is 0.00400. The molecule has 0 aromatic heterocycles. The molecule has 3 amide bonds. The fourth-order valence-electron chi connectivity index (χ4n) is 2.65. The average Bonchev–Trinajstić information content (AvgIpc) is 3.02. The summed E-state index contributed by atoms with van der Waals surface area (Å²) in [6.07, 6.45) is 5.24. The van der Waals surface area contributed by atoms with Crippen LogP contribution in [0, 0.1) is 0 Å². The molecule has 2 atom stereocenters. The largest absolute Gasteiger partial charge is 0.368 e. The Hall–Kier alpha value is -1.07. The standard InChI is InChI=1S/C14H25BN3O5S2/c16-13(20)11-5-4-8-18(11)12(19)6-10-24-9-3-1-2-7-15-14(21)17-25(22)23/h11H,1-10H2,(H2,16,20)(H,17,21)(H,22,23)/t11-/m0/s1. The number of amides is 3. The summed E-state index contributed by atoms with van der Waals surface area (Å²) in [5, 5.41) is 0. The normalized spacial score (nSPS) is 18.0. The van der Waals surface area contributed by atoms with Gasteiger partial charge >= 0.3 is 0 Å². The van der Waals surface area contributed by atoms with Gasteiger partial charge in [0.05, 0.1) is 0 Å². The van der Waals surface area contributed by atoms with Crippen LogP contribution >= 0.6 is 11.8 Å². The molecular weight excluding hydrogens is 365 g/mol. The van der Waals surface area contributed by atoms with Crippen molar-refractivity contribution in [3.05, 3.63) is 0 Å². The van der Waals surface area contributed by atoms with Crippen molar-refractivity contribution in [2.45, 2.75) is 50.9 Å². The first-order valence-electron chi connectivity index (χ1n) is 8.33. The van der Waals surface area contributed by atoms with Gasteiger partial charge in [-0.3, -0.25) is 23.7 Å². The Labute approximate surface area is 155 Å². The van der Waals surface area contributed by atoms with Crippen molar-refractivity contribution in [1.82, 2.24) is 9.62 Å². The zero-order chi connectivity index (χ0) is 18.7. The molecule has 1 aliphatic heterocycles. The molecule has 1 saturated heterocycles. The molecule has 0 spiro atoms. The second-order valence-electron chi connectivity index (χ2n) is 5.78. The summed E-state index contributed by atoms with van der Waals surface area (Å²) in [4.78, 5) is 36.1. The molecular formula is C14H25BN3O5S2. The van der Waals surface area contributed by atoms with Crippen molar-refractivity contribution in [2.75, 3.05) is 18.1 Å². The molecule has 0 aromatic rings. The van der Waals surface area contributed by atoms with Crippen LogP contribution in [0.3, 0.4) is 0 Å². The van der Waals surface area contributed by atoms with Gasteiger partial charge in [-0.1, -0.05) is 19.2 Å². The number of unbranched alkanes of at least 4 members (excludes halogenated alkanes) is 2. The van der Waals surface area contributed by atoms with Gasteiger partial charge in [-0.15, -0.1) is 0 Å². The lowest BCUT2D eigenvalue weighted by Gasteiger charge is -2.22. The van der Waals surface area contributed by atoms with E-state index < -0.39 is 29.0 Å². The van der Waals surface area contributed by atoms with Crippen molar-refractivity contribution in [1.29, 1.82) is 0 Å². The molecule has 0 aliphatic carbocycles. The van der Waals surface area contributed by atoms with Gasteiger partial charge in [-0.25, -0.2) is 4.21 Å². The molecule has 0 bridgehead atoms. The topological polar surface area (TPSA) is 130 Å². The zero-order valence-corrected chi connectivity index (χ0v) is 15.8. The van der Waals surface area contributed by atoms with E-state index in [4.69, 9.17) is 10.3 Å². The van der Waals surface area contributed by atoms with E-state index in [-0.39, 0.29) is 5.91 Å². The van der Waals surface area contributed by atoms with E-state index in [1.165, 1.54) is 7.28 Å². The molecule has 1 unspecified atom stereocenters. The van der Waals surface area contributed by atoms with E-state index in [2.05, 4.69) is 0 Å². The summed E-state index contributed by atoms with van der Waals surface area (Å²) in [5.74, 6) is 0.687. The summed E-state index contributed by atoms with van der Waals surface area (Å²) >= 11 is -0.613. The number of nitrogens with two attached hydrogens (primary N) is 1. The third kappa shape index (κ3) is 9.27. The number of primary amides is 1. The fraction of sp³-hybridized carbons (Fsp3) is 0.786. The highest BCUT2D eigenvalue weighted by atomic mass is 32.2. The predicted octanol–water partition coefficient (Wildman–Crippen LogP) is 0.725. The molecule has 1 rings (SSSR count). The minimum Gasteiger partial charge on any atom is -0.368 e. The monoisotopic (exact) mass is 390 g/mol. The van der Waals surface area contributed by atoms with Gasteiger partial charge in [0.1, 0.15) is 6.04 Å². The van der Waals surface area contributed by atoms with Gasteiger partial charge in [0.2, 0.25) is 19.1 Å². The van der Waals surface area contributed by atoms with Crippen molar-refractivity contribution >= 4 is 47.9 Å². The molecule has 11 heteroatoms. The highest BCUT2D eigenvalue weighted by Gasteiger charge is 2.31. The van der Waals surface area contributed by atoms with Crippen molar-refractivity contribution < 1.29 is 23.1 Å². The number of hydrogen-bond donors (Lipinski definition) is 3. The third-order valence-corrected chi connectivity index (χ3v) is 5.32. The molecule has 1 aliphatic rings. The van der Waals surface area contributed by atoms with Crippen LogP contribution in [-0.2, 0) is 20.9 Å². The second kappa shape index (κ2) is 12.3.